The number of para-hydroxylation sites is 2. The minimum absolute atomic E-state index is 0.0212. The fraction of sp³-hybridized carbons (Fsp3) is 0.375. The van der Waals surface area contributed by atoms with Crippen LogP contribution in [0.15, 0.2) is 53.4 Å². The number of sulfonamides is 1. The molecule has 1 heterocycles. The van der Waals surface area contributed by atoms with Crippen LogP contribution < -0.4 is 14.9 Å². The monoisotopic (exact) mass is 485 g/mol. The summed E-state index contributed by atoms with van der Waals surface area (Å²) in [6, 6.07) is 12.1. The van der Waals surface area contributed by atoms with E-state index in [4.69, 9.17) is 4.74 Å². The van der Waals surface area contributed by atoms with E-state index < -0.39 is 34.0 Å². The predicted molar refractivity (Wildman–Crippen MR) is 126 cm³/mol. The van der Waals surface area contributed by atoms with Gasteiger partial charge in [0.15, 0.2) is 6.61 Å². The highest BCUT2D eigenvalue weighted by Crippen LogP contribution is 2.45. The van der Waals surface area contributed by atoms with Crippen LogP contribution in [0.3, 0.4) is 0 Å². The van der Waals surface area contributed by atoms with Gasteiger partial charge in [0.05, 0.1) is 21.8 Å². The van der Waals surface area contributed by atoms with Crippen LogP contribution in [0.25, 0.3) is 0 Å². The molecule has 0 bridgehead atoms. The summed E-state index contributed by atoms with van der Waals surface area (Å²) >= 11 is 0. The van der Waals surface area contributed by atoms with Crippen LogP contribution in [0.2, 0.25) is 0 Å². The summed E-state index contributed by atoms with van der Waals surface area (Å²) in [5.41, 5.74) is 0.245. The lowest BCUT2D eigenvalue weighted by molar-refractivity contribution is -0.129. The number of benzene rings is 2. The lowest BCUT2D eigenvalue weighted by atomic mass is 9.90. The maximum atomic E-state index is 13.3. The molecule has 0 saturated heterocycles. The van der Waals surface area contributed by atoms with E-state index in [0.717, 1.165) is 12.8 Å². The molecule has 1 aliphatic heterocycles. The second kappa shape index (κ2) is 9.19. The fourth-order valence-corrected chi connectivity index (χ4v) is 5.80. The Morgan fingerprint density at radius 1 is 1.09 bits per heavy atom. The molecule has 1 fully saturated rings. The zero-order valence-electron chi connectivity index (χ0n) is 19.0. The maximum Gasteiger partial charge on any atom is 0.338 e. The highest BCUT2D eigenvalue weighted by atomic mass is 32.2. The van der Waals surface area contributed by atoms with Gasteiger partial charge in [0, 0.05) is 6.04 Å². The second-order valence-electron chi connectivity index (χ2n) is 8.82. The first-order valence-corrected chi connectivity index (χ1v) is 12.7. The molecule has 0 radical (unpaired) electrons. The Bertz CT molecular complexity index is 1220. The van der Waals surface area contributed by atoms with Crippen molar-refractivity contribution in [1.29, 1.82) is 0 Å². The smallest absolute Gasteiger partial charge is 0.338 e. The normalized spacial score (nSPS) is 16.9. The zero-order valence-corrected chi connectivity index (χ0v) is 19.9. The van der Waals surface area contributed by atoms with Gasteiger partial charge in [-0.3, -0.25) is 14.5 Å². The van der Waals surface area contributed by atoms with E-state index in [1.54, 1.807) is 38.1 Å². The topological polar surface area (TPSA) is 122 Å². The van der Waals surface area contributed by atoms with Gasteiger partial charge in [-0.05, 0) is 63.1 Å². The lowest BCUT2D eigenvalue weighted by Gasteiger charge is -2.44. The van der Waals surface area contributed by atoms with Gasteiger partial charge in [-0.2, -0.15) is 0 Å². The van der Waals surface area contributed by atoms with Crippen molar-refractivity contribution in [2.45, 2.75) is 56.0 Å². The first-order valence-electron chi connectivity index (χ1n) is 11.2. The second-order valence-corrected chi connectivity index (χ2v) is 10.5. The summed E-state index contributed by atoms with van der Waals surface area (Å²) < 4.78 is 32.2. The molecule has 34 heavy (non-hydrogen) atoms. The van der Waals surface area contributed by atoms with E-state index in [2.05, 4.69) is 10.0 Å². The first kappa shape index (κ1) is 23.9. The highest BCUT2D eigenvalue weighted by Gasteiger charge is 2.52. The maximum absolute atomic E-state index is 13.3. The highest BCUT2D eigenvalue weighted by molar-refractivity contribution is 7.89. The SMILES string of the molecule is CC(C)NS(=O)(=O)c1ccc(C(=O)OCC(=O)N2c3ccccc3NC(=O)C23CCCC3)cc1. The van der Waals surface area contributed by atoms with Gasteiger partial charge in [-0.15, -0.1) is 0 Å². The number of esters is 1. The molecule has 4 rings (SSSR count). The molecule has 1 aliphatic carbocycles. The molecule has 2 aromatic carbocycles. The lowest BCUT2D eigenvalue weighted by Crippen LogP contribution is -2.61. The molecule has 180 valence electrons. The summed E-state index contributed by atoms with van der Waals surface area (Å²) in [7, 11) is -3.69. The molecule has 2 aliphatic rings. The van der Waals surface area contributed by atoms with Crippen molar-refractivity contribution in [3.63, 3.8) is 0 Å². The molecule has 2 aromatic rings. The Labute approximate surface area is 198 Å². The van der Waals surface area contributed by atoms with Crippen molar-refractivity contribution in [2.24, 2.45) is 0 Å². The number of hydrogen-bond donors (Lipinski definition) is 2. The molecule has 2 N–H and O–H groups in total. The zero-order chi connectivity index (χ0) is 24.5. The number of anilines is 2. The van der Waals surface area contributed by atoms with Gasteiger partial charge in [0.1, 0.15) is 5.54 Å². The predicted octanol–water partition coefficient (Wildman–Crippen LogP) is 2.83. The van der Waals surface area contributed by atoms with Crippen LogP contribution in [0.4, 0.5) is 11.4 Å². The minimum Gasteiger partial charge on any atom is -0.452 e. The largest absolute Gasteiger partial charge is 0.452 e. The van der Waals surface area contributed by atoms with E-state index in [1.807, 2.05) is 0 Å². The van der Waals surface area contributed by atoms with Crippen LogP contribution in [-0.4, -0.2) is 44.4 Å². The van der Waals surface area contributed by atoms with Crippen LogP contribution in [0, 0.1) is 0 Å². The van der Waals surface area contributed by atoms with Crippen molar-refractivity contribution in [1.82, 2.24) is 4.72 Å². The van der Waals surface area contributed by atoms with E-state index in [0.29, 0.717) is 24.2 Å². The van der Waals surface area contributed by atoms with Crippen molar-refractivity contribution in [2.75, 3.05) is 16.8 Å². The molecule has 0 aromatic heterocycles. The number of carbonyl (C=O) groups excluding carboxylic acids is 3. The van der Waals surface area contributed by atoms with E-state index in [9.17, 15) is 22.8 Å². The summed E-state index contributed by atoms with van der Waals surface area (Å²) in [6.07, 6.45) is 2.71. The number of amides is 2. The summed E-state index contributed by atoms with van der Waals surface area (Å²) in [5.74, 6) is -1.47. The van der Waals surface area contributed by atoms with Crippen LogP contribution >= 0.6 is 0 Å². The van der Waals surface area contributed by atoms with Gasteiger partial charge >= 0.3 is 5.97 Å². The molecule has 9 nitrogen and oxygen atoms in total. The van der Waals surface area contributed by atoms with E-state index in [-0.39, 0.29) is 22.4 Å². The number of rotatable bonds is 6. The van der Waals surface area contributed by atoms with Crippen molar-refractivity contribution in [3.8, 4) is 0 Å². The Balaban J connectivity index is 1.50. The molecule has 2 amide bonds. The van der Waals surface area contributed by atoms with E-state index in [1.165, 1.54) is 29.2 Å². The summed E-state index contributed by atoms with van der Waals surface area (Å²) in [4.78, 5) is 40.3. The average Bonchev–Trinajstić information content (AvgIpc) is 3.28. The van der Waals surface area contributed by atoms with Gasteiger partial charge in [0.2, 0.25) is 10.0 Å². The number of fused-ring (bicyclic) bond motifs is 1. The fourth-order valence-electron chi connectivity index (χ4n) is 4.55. The number of nitrogens with one attached hydrogen (secondary N) is 2. The Kier molecular flexibility index (Phi) is 6.46. The first-order chi connectivity index (χ1) is 16.1. The average molecular weight is 486 g/mol. The van der Waals surface area contributed by atoms with Gasteiger partial charge < -0.3 is 10.1 Å². The van der Waals surface area contributed by atoms with Gasteiger partial charge in [-0.1, -0.05) is 25.0 Å². The summed E-state index contributed by atoms with van der Waals surface area (Å²) in [6.45, 7) is 2.87. The Morgan fingerprint density at radius 3 is 2.38 bits per heavy atom. The van der Waals surface area contributed by atoms with Crippen LogP contribution in [0.1, 0.15) is 49.9 Å². The van der Waals surface area contributed by atoms with E-state index >= 15 is 0 Å². The molecular weight excluding hydrogens is 458 g/mol. The third-order valence-electron chi connectivity index (χ3n) is 6.04. The van der Waals surface area contributed by atoms with Crippen LogP contribution in [-0.2, 0) is 24.3 Å². The Hall–Kier alpha value is -3.24. The third-order valence-corrected chi connectivity index (χ3v) is 7.72. The summed E-state index contributed by atoms with van der Waals surface area (Å²) in [5, 5.41) is 2.90. The molecular formula is C24H27N3O6S. The number of carbonyl (C=O) groups is 3. The molecule has 0 atom stereocenters. The minimum atomic E-state index is -3.69. The third kappa shape index (κ3) is 4.43. The molecule has 10 heteroatoms. The van der Waals surface area contributed by atoms with Crippen LogP contribution in [0.5, 0.6) is 0 Å². The van der Waals surface area contributed by atoms with Crippen molar-refractivity contribution in [3.05, 3.63) is 54.1 Å². The van der Waals surface area contributed by atoms with Crippen molar-refractivity contribution >= 4 is 39.2 Å². The van der Waals surface area contributed by atoms with Crippen molar-refractivity contribution < 1.29 is 27.5 Å². The standard InChI is InChI=1S/C24H27N3O6S/c1-16(2)26-34(31,32)18-11-9-17(10-12-18)22(29)33-15-21(28)27-20-8-4-3-7-19(20)25-23(30)24(27)13-5-6-14-24/h3-4,7-12,16,26H,5-6,13-15H2,1-2H3,(H,25,30). The van der Waals surface area contributed by atoms with Gasteiger partial charge in [0.25, 0.3) is 11.8 Å². The molecule has 0 unspecified atom stereocenters. The van der Waals surface area contributed by atoms with Gasteiger partial charge in [-0.25, -0.2) is 17.9 Å². The number of nitrogens with zero attached hydrogens (tertiary/aromatic N) is 1. The number of hydrogen-bond acceptors (Lipinski definition) is 6. The Morgan fingerprint density at radius 2 is 1.74 bits per heavy atom. The quantitative estimate of drug-likeness (QED) is 0.607. The molecule has 1 spiro atoms. The molecule has 1 saturated carbocycles. The number of ether oxygens (including phenoxy) is 1.